The van der Waals surface area contributed by atoms with Gasteiger partial charge in [-0.25, -0.2) is 0 Å². The third-order valence-corrected chi connectivity index (χ3v) is 3.36. The minimum Gasteiger partial charge on any atom is -0.481 e. The summed E-state index contributed by atoms with van der Waals surface area (Å²) >= 11 is 0. The first kappa shape index (κ1) is 12.5. The summed E-state index contributed by atoms with van der Waals surface area (Å²) in [6, 6.07) is -0.527. The molecular weight excluding hydrogens is 236 g/mol. The van der Waals surface area contributed by atoms with E-state index >= 15 is 0 Å². The molecule has 1 N–H and O–H groups in total. The van der Waals surface area contributed by atoms with E-state index in [2.05, 4.69) is 10.2 Å². The average Bonchev–Trinajstić information content (AvgIpc) is 2.74. The Labute approximate surface area is 104 Å². The SMILES string of the molecule is CC(=O)N1CCCC(C(=O)O)C1c1nncn1C. The molecule has 0 radical (unpaired) electrons. The van der Waals surface area contributed by atoms with Crippen molar-refractivity contribution in [1.82, 2.24) is 19.7 Å². The van der Waals surface area contributed by atoms with Crippen LogP contribution in [0.25, 0.3) is 0 Å². The molecule has 2 rings (SSSR count). The van der Waals surface area contributed by atoms with Crippen molar-refractivity contribution in [3.63, 3.8) is 0 Å². The molecule has 98 valence electrons. The zero-order valence-corrected chi connectivity index (χ0v) is 10.4. The number of carboxylic acid groups (broad SMARTS) is 1. The summed E-state index contributed by atoms with van der Waals surface area (Å²) in [5, 5.41) is 17.0. The van der Waals surface area contributed by atoms with E-state index in [4.69, 9.17) is 0 Å². The summed E-state index contributed by atoms with van der Waals surface area (Å²) in [5.41, 5.74) is 0. The number of rotatable bonds is 2. The molecule has 1 aliphatic heterocycles. The van der Waals surface area contributed by atoms with Crippen LogP contribution in [-0.2, 0) is 16.6 Å². The Hall–Kier alpha value is -1.92. The Kier molecular flexibility index (Phi) is 3.31. The molecule has 2 heterocycles. The zero-order chi connectivity index (χ0) is 13.3. The molecule has 7 heteroatoms. The molecule has 1 saturated heterocycles. The molecule has 7 nitrogen and oxygen atoms in total. The van der Waals surface area contributed by atoms with Gasteiger partial charge in [0, 0.05) is 20.5 Å². The molecule has 2 atom stereocenters. The largest absolute Gasteiger partial charge is 0.481 e. The first-order chi connectivity index (χ1) is 8.52. The van der Waals surface area contributed by atoms with Crippen LogP contribution < -0.4 is 0 Å². The lowest BCUT2D eigenvalue weighted by Gasteiger charge is -2.38. The van der Waals surface area contributed by atoms with Gasteiger partial charge in [0.15, 0.2) is 5.82 Å². The molecule has 1 fully saturated rings. The smallest absolute Gasteiger partial charge is 0.309 e. The van der Waals surface area contributed by atoms with Crippen LogP contribution in [0, 0.1) is 5.92 Å². The number of aliphatic carboxylic acids is 1. The van der Waals surface area contributed by atoms with Crippen molar-refractivity contribution in [2.45, 2.75) is 25.8 Å². The Bertz CT molecular complexity index is 449. The number of hydrogen-bond acceptors (Lipinski definition) is 4. The minimum absolute atomic E-state index is 0.131. The van der Waals surface area contributed by atoms with Gasteiger partial charge in [-0.3, -0.25) is 9.59 Å². The van der Waals surface area contributed by atoms with Gasteiger partial charge >= 0.3 is 5.97 Å². The van der Waals surface area contributed by atoms with Gasteiger partial charge < -0.3 is 14.6 Å². The maximum absolute atomic E-state index is 11.7. The molecule has 0 aliphatic carbocycles. The van der Waals surface area contributed by atoms with E-state index in [0.717, 1.165) is 0 Å². The highest BCUT2D eigenvalue weighted by molar-refractivity contribution is 5.77. The number of amides is 1. The van der Waals surface area contributed by atoms with E-state index in [-0.39, 0.29) is 5.91 Å². The summed E-state index contributed by atoms with van der Waals surface area (Å²) in [6.07, 6.45) is 2.77. The van der Waals surface area contributed by atoms with E-state index in [1.54, 1.807) is 16.5 Å². The molecule has 0 bridgehead atoms. The lowest BCUT2D eigenvalue weighted by Crippen LogP contribution is -2.45. The van der Waals surface area contributed by atoms with Crippen LogP contribution in [0.3, 0.4) is 0 Å². The highest BCUT2D eigenvalue weighted by atomic mass is 16.4. The Morgan fingerprint density at radius 1 is 1.50 bits per heavy atom. The maximum atomic E-state index is 11.7. The van der Waals surface area contributed by atoms with Crippen LogP contribution in [0.2, 0.25) is 0 Å². The van der Waals surface area contributed by atoms with Crippen molar-refractivity contribution in [3.8, 4) is 0 Å². The van der Waals surface area contributed by atoms with Gasteiger partial charge in [-0.05, 0) is 12.8 Å². The molecule has 1 aromatic heterocycles. The second-order valence-electron chi connectivity index (χ2n) is 4.54. The maximum Gasteiger partial charge on any atom is 0.309 e. The molecule has 1 amide bonds. The number of aromatic nitrogens is 3. The monoisotopic (exact) mass is 252 g/mol. The Morgan fingerprint density at radius 3 is 2.72 bits per heavy atom. The molecule has 0 spiro atoms. The van der Waals surface area contributed by atoms with E-state index in [0.29, 0.717) is 25.2 Å². The number of hydrogen-bond donors (Lipinski definition) is 1. The molecule has 0 saturated carbocycles. The van der Waals surface area contributed by atoms with Crippen LogP contribution in [0.4, 0.5) is 0 Å². The lowest BCUT2D eigenvalue weighted by atomic mass is 9.88. The molecular formula is C11H16N4O3. The fraction of sp³-hybridized carbons (Fsp3) is 0.636. The second kappa shape index (κ2) is 4.75. The van der Waals surface area contributed by atoms with Crippen LogP contribution >= 0.6 is 0 Å². The van der Waals surface area contributed by atoms with Gasteiger partial charge in [0.25, 0.3) is 0 Å². The summed E-state index contributed by atoms with van der Waals surface area (Å²) in [7, 11) is 1.75. The van der Waals surface area contributed by atoms with Gasteiger partial charge in [-0.1, -0.05) is 0 Å². The van der Waals surface area contributed by atoms with Crippen molar-refractivity contribution >= 4 is 11.9 Å². The first-order valence-corrected chi connectivity index (χ1v) is 5.86. The highest BCUT2D eigenvalue weighted by Gasteiger charge is 2.40. The van der Waals surface area contributed by atoms with E-state index < -0.39 is 17.9 Å². The van der Waals surface area contributed by atoms with Crippen LogP contribution in [0.5, 0.6) is 0 Å². The lowest BCUT2D eigenvalue weighted by molar-refractivity contribution is -0.149. The number of carbonyl (C=O) groups is 2. The van der Waals surface area contributed by atoms with E-state index in [1.165, 1.54) is 13.3 Å². The third-order valence-electron chi connectivity index (χ3n) is 3.36. The van der Waals surface area contributed by atoms with Gasteiger partial charge in [0.1, 0.15) is 12.4 Å². The first-order valence-electron chi connectivity index (χ1n) is 5.86. The van der Waals surface area contributed by atoms with Crippen molar-refractivity contribution in [2.75, 3.05) is 6.54 Å². The quantitative estimate of drug-likeness (QED) is 0.812. The number of likely N-dealkylation sites (tertiary alicyclic amines) is 1. The second-order valence-corrected chi connectivity index (χ2v) is 4.54. The third kappa shape index (κ3) is 2.07. The van der Waals surface area contributed by atoms with Crippen molar-refractivity contribution in [1.29, 1.82) is 0 Å². The van der Waals surface area contributed by atoms with Crippen molar-refractivity contribution in [3.05, 3.63) is 12.2 Å². The zero-order valence-electron chi connectivity index (χ0n) is 10.4. The summed E-state index contributed by atoms with van der Waals surface area (Å²) < 4.78 is 1.67. The number of carboxylic acids is 1. The minimum atomic E-state index is -0.894. The van der Waals surface area contributed by atoms with Crippen molar-refractivity contribution < 1.29 is 14.7 Å². The Morgan fingerprint density at radius 2 is 2.22 bits per heavy atom. The predicted octanol–water partition coefficient (Wildman–Crippen LogP) is 0.199. The van der Waals surface area contributed by atoms with Gasteiger partial charge in [0.05, 0.1) is 5.92 Å². The molecule has 1 aliphatic rings. The fourth-order valence-electron chi connectivity index (χ4n) is 2.49. The van der Waals surface area contributed by atoms with Gasteiger partial charge in [-0.2, -0.15) is 0 Å². The van der Waals surface area contributed by atoms with E-state index in [1.807, 2.05) is 0 Å². The molecule has 0 aromatic carbocycles. The standard InChI is InChI=1S/C11H16N4O3/c1-7(16)15-5-3-4-8(11(17)18)9(15)10-13-12-6-14(10)2/h6,8-9H,3-5H2,1-2H3,(H,17,18). The normalized spacial score (nSPS) is 24.0. The van der Waals surface area contributed by atoms with Crippen LogP contribution in [0.15, 0.2) is 6.33 Å². The Balaban J connectivity index is 2.42. The van der Waals surface area contributed by atoms with Crippen LogP contribution in [0.1, 0.15) is 31.6 Å². The number of piperidine rings is 1. The molecule has 18 heavy (non-hydrogen) atoms. The fourth-order valence-corrected chi connectivity index (χ4v) is 2.49. The van der Waals surface area contributed by atoms with Crippen molar-refractivity contribution in [2.24, 2.45) is 13.0 Å². The number of carbonyl (C=O) groups excluding carboxylic acids is 1. The topological polar surface area (TPSA) is 88.3 Å². The van der Waals surface area contributed by atoms with E-state index in [9.17, 15) is 14.7 Å². The number of nitrogens with zero attached hydrogens (tertiary/aromatic N) is 4. The number of aryl methyl sites for hydroxylation is 1. The average molecular weight is 252 g/mol. The predicted molar refractivity (Wildman–Crippen MR) is 61.5 cm³/mol. The molecule has 2 unspecified atom stereocenters. The highest BCUT2D eigenvalue weighted by Crippen LogP contribution is 2.35. The van der Waals surface area contributed by atoms with Gasteiger partial charge in [0.2, 0.25) is 5.91 Å². The summed E-state index contributed by atoms with van der Waals surface area (Å²) in [4.78, 5) is 24.6. The molecule has 1 aromatic rings. The summed E-state index contributed by atoms with van der Waals surface area (Å²) in [5.74, 6) is -1.12. The summed E-state index contributed by atoms with van der Waals surface area (Å²) in [6.45, 7) is 2.02. The van der Waals surface area contributed by atoms with Crippen LogP contribution in [-0.4, -0.2) is 43.2 Å². The van der Waals surface area contributed by atoms with Gasteiger partial charge in [-0.15, -0.1) is 10.2 Å².